The van der Waals surface area contributed by atoms with E-state index in [4.69, 9.17) is 0 Å². The molecule has 0 aromatic heterocycles. The van der Waals surface area contributed by atoms with E-state index in [1.54, 1.807) is 6.07 Å². The van der Waals surface area contributed by atoms with Crippen molar-refractivity contribution in [2.45, 2.75) is 39.5 Å². The maximum absolute atomic E-state index is 13.4. The number of hydrogen-bond acceptors (Lipinski definition) is 1. The summed E-state index contributed by atoms with van der Waals surface area (Å²) in [5.74, 6) is -0.262. The van der Waals surface area contributed by atoms with Crippen LogP contribution in [-0.2, 0) is 11.8 Å². The van der Waals surface area contributed by atoms with E-state index < -0.39 is 0 Å². The average molecular weight is 284 g/mol. The molecule has 0 aliphatic heterocycles. The minimum absolute atomic E-state index is 0.0363. The van der Waals surface area contributed by atoms with Crippen LogP contribution in [0.2, 0.25) is 0 Å². The van der Waals surface area contributed by atoms with Crippen molar-refractivity contribution in [1.82, 2.24) is 0 Å². The third kappa shape index (κ3) is 3.57. The van der Waals surface area contributed by atoms with E-state index in [1.807, 2.05) is 31.2 Å². The normalized spacial score (nSPS) is 11.5. The molecule has 21 heavy (non-hydrogen) atoms. The van der Waals surface area contributed by atoms with Gasteiger partial charge in [-0.1, -0.05) is 51.1 Å². The first-order valence-electron chi connectivity index (χ1n) is 7.17. The highest BCUT2D eigenvalue weighted by molar-refractivity contribution is 5.99. The molecule has 0 N–H and O–H groups in total. The molecule has 0 saturated carbocycles. The summed E-state index contributed by atoms with van der Waals surface area (Å²) in [5.41, 5.74) is 3.36. The van der Waals surface area contributed by atoms with E-state index in [9.17, 15) is 9.18 Å². The van der Waals surface area contributed by atoms with Crippen LogP contribution in [-0.4, -0.2) is 5.78 Å². The topological polar surface area (TPSA) is 17.1 Å². The molecular formula is C19H21FO. The van der Waals surface area contributed by atoms with Gasteiger partial charge in [-0.2, -0.15) is 0 Å². The molecule has 0 heterocycles. The first-order valence-corrected chi connectivity index (χ1v) is 7.17. The summed E-state index contributed by atoms with van der Waals surface area (Å²) >= 11 is 0. The van der Waals surface area contributed by atoms with Gasteiger partial charge in [-0.3, -0.25) is 4.79 Å². The standard InChI is InChI=1S/C19H21FO/c1-13-9-10-15(20)11-14(13)12-18(21)16-7-5-6-8-17(16)19(2,3)4/h5-11H,12H2,1-4H3. The number of ketones is 1. The van der Waals surface area contributed by atoms with Gasteiger partial charge in [0.2, 0.25) is 0 Å². The second kappa shape index (κ2) is 5.80. The van der Waals surface area contributed by atoms with Crippen LogP contribution in [0.25, 0.3) is 0 Å². The molecule has 0 radical (unpaired) electrons. The van der Waals surface area contributed by atoms with E-state index in [-0.39, 0.29) is 23.4 Å². The van der Waals surface area contributed by atoms with Crippen LogP contribution >= 0.6 is 0 Å². The molecule has 0 saturated heterocycles. The van der Waals surface area contributed by atoms with E-state index >= 15 is 0 Å². The molecular weight excluding hydrogens is 263 g/mol. The van der Waals surface area contributed by atoms with Gasteiger partial charge in [0.25, 0.3) is 0 Å². The zero-order valence-electron chi connectivity index (χ0n) is 13.0. The van der Waals surface area contributed by atoms with Gasteiger partial charge in [-0.25, -0.2) is 4.39 Å². The minimum Gasteiger partial charge on any atom is -0.294 e. The summed E-state index contributed by atoms with van der Waals surface area (Å²) in [6.07, 6.45) is 0.233. The fourth-order valence-electron chi connectivity index (χ4n) is 2.48. The number of rotatable bonds is 3. The van der Waals surface area contributed by atoms with Crippen molar-refractivity contribution in [2.24, 2.45) is 0 Å². The fourth-order valence-corrected chi connectivity index (χ4v) is 2.48. The van der Waals surface area contributed by atoms with Crippen molar-refractivity contribution >= 4 is 5.78 Å². The molecule has 1 nitrogen and oxygen atoms in total. The Morgan fingerprint density at radius 1 is 1.10 bits per heavy atom. The number of hydrogen-bond donors (Lipinski definition) is 0. The smallest absolute Gasteiger partial charge is 0.167 e. The van der Waals surface area contributed by atoms with Crippen LogP contribution in [0, 0.1) is 12.7 Å². The maximum atomic E-state index is 13.4. The van der Waals surface area contributed by atoms with Crippen LogP contribution in [0.4, 0.5) is 4.39 Å². The molecule has 0 aliphatic rings. The zero-order valence-corrected chi connectivity index (χ0v) is 13.0. The molecule has 0 unspecified atom stereocenters. The molecule has 2 rings (SSSR count). The number of benzene rings is 2. The van der Waals surface area contributed by atoms with Crippen molar-refractivity contribution < 1.29 is 9.18 Å². The average Bonchev–Trinajstić information content (AvgIpc) is 2.42. The van der Waals surface area contributed by atoms with Crippen LogP contribution in [0.15, 0.2) is 42.5 Å². The summed E-state index contributed by atoms with van der Waals surface area (Å²) in [6, 6.07) is 12.3. The number of carbonyl (C=O) groups is 1. The second-order valence-corrected chi connectivity index (χ2v) is 6.47. The van der Waals surface area contributed by atoms with Crippen LogP contribution < -0.4 is 0 Å². The Kier molecular flexibility index (Phi) is 4.26. The molecule has 2 aromatic rings. The number of halogens is 1. The molecule has 110 valence electrons. The summed E-state index contributed by atoms with van der Waals surface area (Å²) in [4.78, 5) is 12.6. The highest BCUT2D eigenvalue weighted by atomic mass is 19.1. The van der Waals surface area contributed by atoms with Crippen molar-refractivity contribution in [3.63, 3.8) is 0 Å². The first-order chi connectivity index (χ1) is 9.79. The van der Waals surface area contributed by atoms with Gasteiger partial charge < -0.3 is 0 Å². The number of aryl methyl sites for hydroxylation is 1. The summed E-state index contributed by atoms with van der Waals surface area (Å²) in [6.45, 7) is 8.17. The lowest BCUT2D eigenvalue weighted by atomic mass is 9.82. The molecule has 2 heteroatoms. The molecule has 0 spiro atoms. The van der Waals surface area contributed by atoms with Gasteiger partial charge in [0.1, 0.15) is 5.82 Å². The third-order valence-electron chi connectivity index (χ3n) is 3.70. The summed E-state index contributed by atoms with van der Waals surface area (Å²) < 4.78 is 13.4. The molecule has 0 bridgehead atoms. The van der Waals surface area contributed by atoms with Crippen LogP contribution in [0.5, 0.6) is 0 Å². The van der Waals surface area contributed by atoms with Gasteiger partial charge >= 0.3 is 0 Å². The van der Waals surface area contributed by atoms with E-state index in [1.165, 1.54) is 12.1 Å². The highest BCUT2D eigenvalue weighted by Crippen LogP contribution is 2.27. The lowest BCUT2D eigenvalue weighted by Crippen LogP contribution is -2.18. The van der Waals surface area contributed by atoms with Crippen molar-refractivity contribution in [1.29, 1.82) is 0 Å². The number of Topliss-reactive ketones (excluding diaryl/α,β-unsaturated/α-hetero) is 1. The Morgan fingerprint density at radius 3 is 2.43 bits per heavy atom. The molecule has 2 aromatic carbocycles. The van der Waals surface area contributed by atoms with Gasteiger partial charge in [0.05, 0.1) is 0 Å². The quantitative estimate of drug-likeness (QED) is 0.736. The van der Waals surface area contributed by atoms with Gasteiger partial charge in [0, 0.05) is 12.0 Å². The highest BCUT2D eigenvalue weighted by Gasteiger charge is 2.21. The van der Waals surface area contributed by atoms with Crippen molar-refractivity contribution in [3.05, 3.63) is 70.5 Å². The third-order valence-corrected chi connectivity index (χ3v) is 3.70. The number of carbonyl (C=O) groups excluding carboxylic acids is 1. The SMILES string of the molecule is Cc1ccc(F)cc1CC(=O)c1ccccc1C(C)(C)C. The minimum atomic E-state index is -0.299. The molecule has 0 atom stereocenters. The second-order valence-electron chi connectivity index (χ2n) is 6.47. The zero-order chi connectivity index (χ0) is 15.6. The Hall–Kier alpha value is -1.96. The largest absolute Gasteiger partial charge is 0.294 e. The Labute approximate surface area is 125 Å². The fraction of sp³-hybridized carbons (Fsp3) is 0.316. The van der Waals surface area contributed by atoms with Crippen LogP contribution in [0.3, 0.4) is 0 Å². The van der Waals surface area contributed by atoms with Crippen molar-refractivity contribution in [3.8, 4) is 0 Å². The molecule has 0 amide bonds. The Balaban J connectivity index is 2.36. The Morgan fingerprint density at radius 2 is 1.76 bits per heavy atom. The van der Waals surface area contributed by atoms with Crippen LogP contribution in [0.1, 0.15) is 47.8 Å². The lowest BCUT2D eigenvalue weighted by Gasteiger charge is -2.22. The van der Waals surface area contributed by atoms with E-state index in [0.717, 1.165) is 22.3 Å². The monoisotopic (exact) mass is 284 g/mol. The summed E-state index contributed by atoms with van der Waals surface area (Å²) in [7, 11) is 0. The van der Waals surface area contributed by atoms with Gasteiger partial charge in [-0.15, -0.1) is 0 Å². The predicted octanol–water partition coefficient (Wildman–Crippen LogP) is 4.86. The predicted molar refractivity (Wildman–Crippen MR) is 84.3 cm³/mol. The van der Waals surface area contributed by atoms with Gasteiger partial charge in [0.15, 0.2) is 5.78 Å². The van der Waals surface area contributed by atoms with E-state index in [0.29, 0.717) is 0 Å². The maximum Gasteiger partial charge on any atom is 0.167 e. The van der Waals surface area contributed by atoms with Gasteiger partial charge in [-0.05, 0) is 41.2 Å². The van der Waals surface area contributed by atoms with Crippen molar-refractivity contribution in [2.75, 3.05) is 0 Å². The Bertz CT molecular complexity index is 666. The van der Waals surface area contributed by atoms with E-state index in [2.05, 4.69) is 20.8 Å². The first kappa shape index (κ1) is 15.4. The molecule has 0 fully saturated rings. The summed E-state index contributed by atoms with van der Waals surface area (Å²) in [5, 5.41) is 0. The molecule has 0 aliphatic carbocycles. The lowest BCUT2D eigenvalue weighted by molar-refractivity contribution is 0.0990.